The number of amides is 1. The summed E-state index contributed by atoms with van der Waals surface area (Å²) in [7, 11) is 0. The van der Waals surface area contributed by atoms with E-state index in [1.54, 1.807) is 11.4 Å². The molecule has 0 aliphatic heterocycles. The zero-order valence-electron chi connectivity index (χ0n) is 10.6. The van der Waals surface area contributed by atoms with Crippen molar-refractivity contribution in [2.45, 2.75) is 30.6 Å². The van der Waals surface area contributed by atoms with Crippen LogP contribution in [0.25, 0.3) is 0 Å². The maximum absolute atomic E-state index is 12.9. The Balaban J connectivity index is 2.88. The highest BCUT2D eigenvalue weighted by Gasteiger charge is 2.49. The van der Waals surface area contributed by atoms with E-state index in [9.17, 15) is 22.4 Å². The van der Waals surface area contributed by atoms with E-state index in [4.69, 9.17) is 5.73 Å². The van der Waals surface area contributed by atoms with Crippen LogP contribution in [-0.2, 0) is 4.79 Å². The molecule has 0 saturated heterocycles. The maximum atomic E-state index is 12.9. The summed E-state index contributed by atoms with van der Waals surface area (Å²) in [6.45, 7) is 1.97. The molecule has 0 bridgehead atoms. The normalized spacial score (nSPS) is 11.7. The van der Waals surface area contributed by atoms with Gasteiger partial charge in [0.15, 0.2) is 0 Å². The standard InChI is InChI=1S/C12H14F4N2OS/c1-2-5-20-7-3-4-8(17)9(6-7)18-11(19)12(15,16)10(13)14/h3-4,6,10H,2,5,17H2,1H3,(H,18,19). The smallest absolute Gasteiger partial charge is 0.383 e. The van der Waals surface area contributed by atoms with Crippen molar-refractivity contribution in [3.05, 3.63) is 18.2 Å². The minimum atomic E-state index is -4.75. The third kappa shape index (κ3) is 4.03. The van der Waals surface area contributed by atoms with Crippen LogP contribution in [0.5, 0.6) is 0 Å². The SMILES string of the molecule is CCCSc1ccc(N)c(NC(=O)C(F)(F)C(F)F)c1. The number of halogens is 4. The summed E-state index contributed by atoms with van der Waals surface area (Å²) in [6.07, 6.45) is -3.17. The lowest BCUT2D eigenvalue weighted by Crippen LogP contribution is -2.41. The summed E-state index contributed by atoms with van der Waals surface area (Å²) in [5.41, 5.74) is 5.46. The van der Waals surface area contributed by atoms with E-state index in [1.165, 1.54) is 23.9 Å². The molecule has 0 aliphatic rings. The first kappa shape index (κ1) is 16.6. The molecule has 20 heavy (non-hydrogen) atoms. The molecule has 0 saturated carbocycles. The number of carbonyl (C=O) groups is 1. The molecule has 3 N–H and O–H groups in total. The third-order valence-corrected chi connectivity index (χ3v) is 3.52. The molecule has 1 amide bonds. The lowest BCUT2D eigenvalue weighted by Gasteiger charge is -2.16. The summed E-state index contributed by atoms with van der Waals surface area (Å²) in [6, 6.07) is 4.47. The predicted octanol–water partition coefficient (Wildman–Crippen LogP) is 3.61. The number of nitrogens with two attached hydrogens (primary N) is 1. The lowest BCUT2D eigenvalue weighted by atomic mass is 10.2. The minimum Gasteiger partial charge on any atom is -0.397 e. The first-order valence-electron chi connectivity index (χ1n) is 5.78. The fourth-order valence-corrected chi connectivity index (χ4v) is 2.06. The van der Waals surface area contributed by atoms with Crippen LogP contribution in [-0.4, -0.2) is 24.0 Å². The molecule has 0 heterocycles. The Morgan fingerprint density at radius 2 is 2.10 bits per heavy atom. The van der Waals surface area contributed by atoms with Gasteiger partial charge in [0.25, 0.3) is 0 Å². The Hall–Kier alpha value is -1.44. The van der Waals surface area contributed by atoms with E-state index in [0.29, 0.717) is 4.90 Å². The summed E-state index contributed by atoms with van der Waals surface area (Å²) in [4.78, 5) is 11.9. The lowest BCUT2D eigenvalue weighted by molar-refractivity contribution is -0.163. The molecule has 1 aromatic rings. The van der Waals surface area contributed by atoms with Gasteiger partial charge in [0.05, 0.1) is 11.4 Å². The van der Waals surface area contributed by atoms with Gasteiger partial charge in [-0.25, -0.2) is 8.78 Å². The third-order valence-electron chi connectivity index (χ3n) is 2.32. The van der Waals surface area contributed by atoms with Crippen molar-refractivity contribution in [2.24, 2.45) is 0 Å². The molecule has 0 unspecified atom stereocenters. The van der Waals surface area contributed by atoms with Gasteiger partial charge in [0, 0.05) is 4.90 Å². The Morgan fingerprint density at radius 1 is 1.45 bits per heavy atom. The number of thioether (sulfide) groups is 1. The van der Waals surface area contributed by atoms with Crippen LogP contribution in [0.2, 0.25) is 0 Å². The first-order valence-corrected chi connectivity index (χ1v) is 6.77. The van der Waals surface area contributed by atoms with Crippen molar-refractivity contribution in [2.75, 3.05) is 16.8 Å². The quantitative estimate of drug-likeness (QED) is 0.479. The number of benzene rings is 1. The van der Waals surface area contributed by atoms with Gasteiger partial charge in [-0.1, -0.05) is 6.92 Å². The van der Waals surface area contributed by atoms with Gasteiger partial charge in [0.1, 0.15) is 0 Å². The van der Waals surface area contributed by atoms with Gasteiger partial charge < -0.3 is 11.1 Å². The predicted molar refractivity (Wildman–Crippen MR) is 71.5 cm³/mol. The molecule has 0 spiro atoms. The van der Waals surface area contributed by atoms with E-state index in [1.807, 2.05) is 6.92 Å². The van der Waals surface area contributed by atoms with Gasteiger partial charge in [-0.3, -0.25) is 4.79 Å². The topological polar surface area (TPSA) is 55.1 Å². The Morgan fingerprint density at radius 3 is 2.65 bits per heavy atom. The van der Waals surface area contributed by atoms with Gasteiger partial charge in [-0.15, -0.1) is 11.8 Å². The number of carbonyl (C=O) groups excluding carboxylic acids is 1. The molecule has 8 heteroatoms. The summed E-state index contributed by atoms with van der Waals surface area (Å²) < 4.78 is 49.8. The van der Waals surface area contributed by atoms with Crippen molar-refractivity contribution in [3.63, 3.8) is 0 Å². The molecule has 0 fully saturated rings. The molecule has 1 aromatic carbocycles. The van der Waals surface area contributed by atoms with E-state index in [-0.39, 0.29) is 11.4 Å². The number of anilines is 2. The molecule has 0 atom stereocenters. The van der Waals surface area contributed by atoms with Gasteiger partial charge in [-0.05, 0) is 30.4 Å². The molecule has 112 valence electrons. The molecule has 0 aliphatic carbocycles. The average Bonchev–Trinajstić information content (AvgIpc) is 2.39. The van der Waals surface area contributed by atoms with Crippen molar-refractivity contribution in [3.8, 4) is 0 Å². The van der Waals surface area contributed by atoms with Crippen molar-refractivity contribution in [1.82, 2.24) is 0 Å². The van der Waals surface area contributed by atoms with E-state index in [0.717, 1.165) is 12.2 Å². The zero-order chi connectivity index (χ0) is 15.3. The van der Waals surface area contributed by atoms with E-state index >= 15 is 0 Å². The van der Waals surface area contributed by atoms with Crippen molar-refractivity contribution >= 4 is 29.0 Å². The van der Waals surface area contributed by atoms with Crippen LogP contribution in [0.15, 0.2) is 23.1 Å². The second-order valence-electron chi connectivity index (χ2n) is 3.98. The molecule has 1 rings (SSSR count). The maximum Gasteiger partial charge on any atom is 0.383 e. The Kier molecular flexibility index (Phi) is 5.67. The molecule has 0 radical (unpaired) electrons. The van der Waals surface area contributed by atoms with E-state index in [2.05, 4.69) is 0 Å². The van der Waals surface area contributed by atoms with Crippen LogP contribution in [0.1, 0.15) is 13.3 Å². The summed E-state index contributed by atoms with van der Waals surface area (Å²) >= 11 is 1.44. The number of rotatable bonds is 6. The molecule has 3 nitrogen and oxygen atoms in total. The number of nitrogen functional groups attached to an aromatic ring is 1. The average molecular weight is 310 g/mol. The fraction of sp³-hybridized carbons (Fsp3) is 0.417. The highest BCUT2D eigenvalue weighted by atomic mass is 32.2. The van der Waals surface area contributed by atoms with Gasteiger partial charge in [0.2, 0.25) is 0 Å². The highest BCUT2D eigenvalue weighted by Crippen LogP contribution is 2.30. The second-order valence-corrected chi connectivity index (χ2v) is 5.14. The fourth-order valence-electron chi connectivity index (χ4n) is 1.26. The largest absolute Gasteiger partial charge is 0.397 e. The number of alkyl halides is 4. The minimum absolute atomic E-state index is 0.0317. The summed E-state index contributed by atoms with van der Waals surface area (Å²) in [5, 5.41) is 1.74. The van der Waals surface area contributed by atoms with Crippen molar-refractivity contribution < 1.29 is 22.4 Å². The molecular weight excluding hydrogens is 296 g/mol. The second kappa shape index (κ2) is 6.83. The van der Waals surface area contributed by atoms with Crippen molar-refractivity contribution in [1.29, 1.82) is 0 Å². The van der Waals surface area contributed by atoms with E-state index < -0.39 is 18.3 Å². The number of hydrogen-bond donors (Lipinski definition) is 2. The first-order chi connectivity index (χ1) is 9.28. The zero-order valence-corrected chi connectivity index (χ0v) is 11.4. The van der Waals surface area contributed by atoms with Crippen LogP contribution in [0.4, 0.5) is 28.9 Å². The molecular formula is C12H14F4N2OS. The number of nitrogens with one attached hydrogen (secondary N) is 1. The Bertz CT molecular complexity index is 483. The monoisotopic (exact) mass is 310 g/mol. The van der Waals surface area contributed by atoms with Crippen LogP contribution in [0, 0.1) is 0 Å². The summed E-state index contributed by atoms with van der Waals surface area (Å²) in [5.74, 6) is -6.03. The highest BCUT2D eigenvalue weighted by molar-refractivity contribution is 7.99. The number of hydrogen-bond acceptors (Lipinski definition) is 3. The van der Waals surface area contributed by atoms with Gasteiger partial charge in [-0.2, -0.15) is 8.78 Å². The van der Waals surface area contributed by atoms with Crippen LogP contribution in [0.3, 0.4) is 0 Å². The molecule has 0 aromatic heterocycles. The Labute approximate surface area is 117 Å². The van der Waals surface area contributed by atoms with Crippen LogP contribution < -0.4 is 11.1 Å². The van der Waals surface area contributed by atoms with Crippen LogP contribution >= 0.6 is 11.8 Å². The van der Waals surface area contributed by atoms with Gasteiger partial charge >= 0.3 is 18.3 Å².